The van der Waals surface area contributed by atoms with Gasteiger partial charge in [-0.15, -0.1) is 0 Å². The maximum absolute atomic E-state index is 13.4. The predicted molar refractivity (Wildman–Crippen MR) is 200 cm³/mol. The highest BCUT2D eigenvalue weighted by molar-refractivity contribution is 5.87. The molecule has 4 saturated heterocycles. The Bertz CT molecular complexity index is 1820. The molecular weight excluding hydrogens is 836 g/mol. The van der Waals surface area contributed by atoms with Crippen molar-refractivity contribution in [1.82, 2.24) is 0 Å². The summed E-state index contributed by atoms with van der Waals surface area (Å²) >= 11 is 0. The first-order valence-corrected chi connectivity index (χ1v) is 19.6. The Labute approximate surface area is 352 Å². The SMILES string of the molecule is C[C@@H]1O[C@@H](O[C@@H]2[C@@H](O)[C@H](OCCc3ccc(O)c(O)c3)O[C@H](CO[C@@H]3OC[C@H](O)[C@H](O)[C@@H]3O)[C@H]2OC(=O)/C=C/c2ccc(O)c(O)c2)[C@H](O)[C@H](O)[C@H]1O[C@@H]1OC[C@@H](O)[C@H](O)[C@H]1O. The summed E-state index contributed by atoms with van der Waals surface area (Å²) in [7, 11) is 0. The predicted octanol–water partition coefficient (Wildman–Crippen LogP) is -4.09. The first kappa shape index (κ1) is 47.6. The molecule has 0 bridgehead atoms. The molecule has 4 aliphatic rings. The molecule has 13 N–H and O–H groups in total. The number of carbonyl (C=O) groups excluding carboxylic acids is 1. The number of carbonyl (C=O) groups is 1. The third-order valence-electron chi connectivity index (χ3n) is 10.7. The highest BCUT2D eigenvalue weighted by atomic mass is 16.8. The molecule has 23 nitrogen and oxygen atoms in total. The van der Waals surface area contributed by atoms with E-state index in [0.29, 0.717) is 5.56 Å². The molecule has 6 rings (SSSR count). The summed E-state index contributed by atoms with van der Waals surface area (Å²) in [5.74, 6) is -2.77. The Morgan fingerprint density at radius 3 is 1.89 bits per heavy atom. The lowest BCUT2D eigenvalue weighted by Crippen LogP contribution is -2.66. The van der Waals surface area contributed by atoms with Crippen molar-refractivity contribution in [3.8, 4) is 23.0 Å². The Balaban J connectivity index is 1.26. The Kier molecular flexibility index (Phi) is 16.0. The van der Waals surface area contributed by atoms with E-state index in [1.54, 1.807) is 0 Å². The summed E-state index contributed by atoms with van der Waals surface area (Å²) in [6, 6.07) is 7.72. The monoisotopic (exact) mass is 888 g/mol. The molecule has 4 aliphatic heterocycles. The number of aromatic hydroxyl groups is 4. The van der Waals surface area contributed by atoms with Crippen LogP contribution in [0.3, 0.4) is 0 Å². The molecule has 346 valence electrons. The van der Waals surface area contributed by atoms with E-state index in [1.807, 2.05) is 0 Å². The second-order valence-corrected chi connectivity index (χ2v) is 15.2. The highest BCUT2D eigenvalue weighted by Gasteiger charge is 2.54. The minimum Gasteiger partial charge on any atom is -0.504 e. The van der Waals surface area contributed by atoms with Crippen molar-refractivity contribution in [2.24, 2.45) is 0 Å². The van der Waals surface area contributed by atoms with Crippen LogP contribution in [0.15, 0.2) is 42.5 Å². The van der Waals surface area contributed by atoms with Crippen LogP contribution in [0, 0.1) is 0 Å². The van der Waals surface area contributed by atoms with Gasteiger partial charge in [0.2, 0.25) is 0 Å². The number of phenolic OH excluding ortho intramolecular Hbond substituents is 4. The van der Waals surface area contributed by atoms with E-state index >= 15 is 0 Å². The normalized spacial score (nSPS) is 39.1. The van der Waals surface area contributed by atoms with Gasteiger partial charge in [-0.05, 0) is 54.8 Å². The second kappa shape index (κ2) is 20.8. The molecule has 0 radical (unpaired) electrons. The number of hydrogen-bond donors (Lipinski definition) is 13. The largest absolute Gasteiger partial charge is 0.504 e. The molecule has 0 spiro atoms. The van der Waals surface area contributed by atoms with E-state index in [-0.39, 0.29) is 24.3 Å². The number of ether oxygens (including phenoxy) is 9. The van der Waals surface area contributed by atoms with Crippen molar-refractivity contribution in [3.05, 3.63) is 53.6 Å². The molecule has 23 heteroatoms. The molecule has 2 aromatic carbocycles. The zero-order valence-electron chi connectivity index (χ0n) is 32.9. The van der Waals surface area contributed by atoms with Crippen molar-refractivity contribution >= 4 is 12.0 Å². The molecule has 0 aliphatic carbocycles. The van der Waals surface area contributed by atoms with Crippen molar-refractivity contribution < 1.29 is 114 Å². The van der Waals surface area contributed by atoms with E-state index in [2.05, 4.69) is 0 Å². The number of hydrogen-bond acceptors (Lipinski definition) is 23. The molecule has 18 atom stereocenters. The molecule has 0 saturated carbocycles. The lowest BCUT2D eigenvalue weighted by atomic mass is 9.96. The van der Waals surface area contributed by atoms with Crippen LogP contribution >= 0.6 is 0 Å². The molecular formula is C39H52O23. The average molecular weight is 889 g/mol. The maximum Gasteiger partial charge on any atom is 0.331 e. The molecule has 2 aromatic rings. The standard InChI is InChI=1S/C39H52O23/c1-15-33(61-37-30(51)27(48)23(45)13-56-37)28(49)31(52)39(58-15)62-35-32(53)38(54-9-8-17-3-6-19(41)21(43)11-17)59-24(14-57-36-29(50)26(47)22(44)12-55-36)34(35)60-25(46)7-4-16-2-5-18(40)20(42)10-16/h2-7,10-11,15,22-24,26-45,47-53H,8-9,12-14H2,1H3/b7-4+/t15-,22-,23+,24+,26-,27-,28-,29-,30+,31+,32+,33-,34+,35+,36-,37-,38+,39-/m0/s1. The van der Waals surface area contributed by atoms with Crippen LogP contribution < -0.4 is 0 Å². The minimum absolute atomic E-state index is 0.0936. The summed E-state index contributed by atoms with van der Waals surface area (Å²) in [6.07, 6.45) is -27.5. The van der Waals surface area contributed by atoms with Crippen LogP contribution in [-0.2, 0) is 53.8 Å². The lowest BCUT2D eigenvalue weighted by Gasteiger charge is -2.48. The van der Waals surface area contributed by atoms with Gasteiger partial charge in [-0.1, -0.05) is 12.1 Å². The maximum atomic E-state index is 13.4. The van der Waals surface area contributed by atoms with Crippen molar-refractivity contribution in [2.75, 3.05) is 26.4 Å². The molecule has 0 amide bonds. The zero-order valence-corrected chi connectivity index (χ0v) is 32.9. The van der Waals surface area contributed by atoms with Crippen LogP contribution in [-0.4, -0.2) is 209 Å². The third kappa shape index (κ3) is 11.1. The molecule has 0 unspecified atom stereocenters. The van der Waals surface area contributed by atoms with E-state index in [0.717, 1.165) is 12.1 Å². The fourth-order valence-electron chi connectivity index (χ4n) is 7.09. The fourth-order valence-corrected chi connectivity index (χ4v) is 7.09. The van der Waals surface area contributed by atoms with Gasteiger partial charge in [-0.2, -0.15) is 0 Å². The zero-order chi connectivity index (χ0) is 45.0. The topological polar surface area (TPSA) is 363 Å². The lowest BCUT2D eigenvalue weighted by molar-refractivity contribution is -0.374. The van der Waals surface area contributed by atoms with E-state index in [9.17, 15) is 71.2 Å². The van der Waals surface area contributed by atoms with Gasteiger partial charge in [-0.25, -0.2) is 4.79 Å². The molecule has 62 heavy (non-hydrogen) atoms. The Hall–Kier alpha value is -3.83. The summed E-state index contributed by atoms with van der Waals surface area (Å²) in [6.45, 7) is -0.326. The summed E-state index contributed by atoms with van der Waals surface area (Å²) in [4.78, 5) is 13.4. The quantitative estimate of drug-likeness (QED) is 0.0487. The number of benzene rings is 2. The fraction of sp³-hybridized carbons (Fsp3) is 0.615. The van der Waals surface area contributed by atoms with E-state index in [4.69, 9.17) is 42.6 Å². The van der Waals surface area contributed by atoms with Gasteiger partial charge in [0.1, 0.15) is 73.2 Å². The average Bonchev–Trinajstić information content (AvgIpc) is 3.24. The number of aliphatic hydroxyl groups excluding tert-OH is 9. The summed E-state index contributed by atoms with van der Waals surface area (Å²) < 4.78 is 51.7. The van der Waals surface area contributed by atoms with E-state index in [1.165, 1.54) is 43.3 Å². The first-order chi connectivity index (χ1) is 29.4. The summed E-state index contributed by atoms with van der Waals surface area (Å²) in [5, 5.41) is 135. The van der Waals surface area contributed by atoms with Crippen LogP contribution in [0.25, 0.3) is 6.08 Å². The van der Waals surface area contributed by atoms with Crippen LogP contribution in [0.1, 0.15) is 18.1 Å². The number of aliphatic hydroxyl groups is 9. The molecule has 4 fully saturated rings. The van der Waals surface area contributed by atoms with Gasteiger partial charge >= 0.3 is 5.97 Å². The van der Waals surface area contributed by atoms with Crippen LogP contribution in [0.5, 0.6) is 23.0 Å². The van der Waals surface area contributed by atoms with Gasteiger partial charge in [0.25, 0.3) is 0 Å². The van der Waals surface area contributed by atoms with Gasteiger partial charge in [0.05, 0.1) is 32.5 Å². The van der Waals surface area contributed by atoms with Crippen LogP contribution in [0.2, 0.25) is 0 Å². The van der Waals surface area contributed by atoms with Crippen molar-refractivity contribution in [1.29, 1.82) is 0 Å². The first-order valence-electron chi connectivity index (χ1n) is 19.6. The van der Waals surface area contributed by atoms with Gasteiger partial charge in [0.15, 0.2) is 54.3 Å². The number of phenols is 4. The molecule has 4 heterocycles. The Morgan fingerprint density at radius 1 is 0.629 bits per heavy atom. The third-order valence-corrected chi connectivity index (χ3v) is 10.7. The van der Waals surface area contributed by atoms with E-state index < -0.39 is 154 Å². The number of rotatable bonds is 14. The van der Waals surface area contributed by atoms with Crippen molar-refractivity contribution in [3.63, 3.8) is 0 Å². The van der Waals surface area contributed by atoms with Gasteiger partial charge in [-0.3, -0.25) is 0 Å². The molecule has 0 aromatic heterocycles. The van der Waals surface area contributed by atoms with Crippen LogP contribution in [0.4, 0.5) is 0 Å². The van der Waals surface area contributed by atoms with Gasteiger partial charge < -0.3 is 109 Å². The van der Waals surface area contributed by atoms with Gasteiger partial charge in [0, 0.05) is 6.08 Å². The number of esters is 1. The van der Waals surface area contributed by atoms with Crippen molar-refractivity contribution in [2.45, 2.75) is 124 Å². The second-order valence-electron chi connectivity index (χ2n) is 15.2. The summed E-state index contributed by atoms with van der Waals surface area (Å²) in [5.41, 5.74) is 0.748. The highest BCUT2D eigenvalue weighted by Crippen LogP contribution is 2.34. The Morgan fingerprint density at radius 2 is 1.23 bits per heavy atom. The minimum atomic E-state index is -1.99. The smallest absolute Gasteiger partial charge is 0.331 e.